The summed E-state index contributed by atoms with van der Waals surface area (Å²) in [6.07, 6.45) is 5.01. The molecule has 0 saturated carbocycles. The number of aromatic nitrogens is 3. The lowest BCUT2D eigenvalue weighted by atomic mass is 10.0. The smallest absolute Gasteiger partial charge is 0.245 e. The number of phenolic OH excluding ortho intramolecular Hbond substituents is 1. The van der Waals surface area contributed by atoms with E-state index in [1.54, 1.807) is 12.3 Å². The van der Waals surface area contributed by atoms with Crippen LogP contribution in [0.1, 0.15) is 22.4 Å². The lowest BCUT2D eigenvalue weighted by Gasteiger charge is -2.27. The Morgan fingerprint density at radius 2 is 1.87 bits per heavy atom. The zero-order chi connectivity index (χ0) is 27.2. The Kier molecular flexibility index (Phi) is 8.14. The van der Waals surface area contributed by atoms with Crippen molar-refractivity contribution >= 4 is 41.0 Å². The monoisotopic (exact) mass is 547 g/mol. The van der Waals surface area contributed by atoms with Crippen molar-refractivity contribution in [1.29, 1.82) is 0 Å². The number of pyridine rings is 1. The van der Waals surface area contributed by atoms with Crippen LogP contribution in [0.4, 0.5) is 27.5 Å². The number of ether oxygens (including phenoxy) is 1. The molecule has 1 saturated heterocycles. The minimum Gasteiger partial charge on any atom is -0.508 e. The van der Waals surface area contributed by atoms with Gasteiger partial charge in [-0.25, -0.2) is 14.8 Å². The highest BCUT2D eigenvalue weighted by Gasteiger charge is 2.17. The number of morpholine rings is 1. The average Bonchev–Trinajstić information content (AvgIpc) is 2.90. The lowest BCUT2D eigenvalue weighted by molar-refractivity contribution is 0.122. The molecule has 0 spiro atoms. The van der Waals surface area contributed by atoms with Gasteiger partial charge >= 0.3 is 0 Å². The highest BCUT2D eigenvalue weighted by atomic mass is 35.5. The second-order valence-corrected chi connectivity index (χ2v) is 9.57. The third-order valence-corrected chi connectivity index (χ3v) is 6.18. The number of hydrazone groups is 1. The molecule has 1 aliphatic rings. The summed E-state index contributed by atoms with van der Waals surface area (Å²) in [5, 5.41) is 17.9. The van der Waals surface area contributed by atoms with E-state index >= 15 is 0 Å². The van der Waals surface area contributed by atoms with Crippen LogP contribution in [0.5, 0.6) is 5.75 Å². The van der Waals surface area contributed by atoms with Gasteiger partial charge in [0.1, 0.15) is 5.75 Å². The molecule has 0 bridgehead atoms. The maximum absolute atomic E-state index is 14.2. The number of benzene rings is 2. The van der Waals surface area contributed by atoms with Crippen molar-refractivity contribution in [2.24, 2.45) is 5.10 Å². The zero-order valence-corrected chi connectivity index (χ0v) is 22.0. The molecule has 9 nitrogen and oxygen atoms in total. The van der Waals surface area contributed by atoms with Gasteiger partial charge in [-0.3, -0.25) is 4.98 Å². The van der Waals surface area contributed by atoms with Crippen LogP contribution in [0, 0.1) is 12.7 Å². The van der Waals surface area contributed by atoms with E-state index in [2.05, 4.69) is 42.9 Å². The van der Waals surface area contributed by atoms with Gasteiger partial charge in [0.2, 0.25) is 5.95 Å². The first kappa shape index (κ1) is 26.3. The van der Waals surface area contributed by atoms with Crippen LogP contribution >= 0.6 is 11.6 Å². The van der Waals surface area contributed by atoms with Crippen molar-refractivity contribution in [2.75, 3.05) is 41.9 Å². The van der Waals surface area contributed by atoms with Crippen LogP contribution in [0.2, 0.25) is 5.02 Å². The first-order valence-electron chi connectivity index (χ1n) is 12.4. The quantitative estimate of drug-likeness (QED) is 0.202. The van der Waals surface area contributed by atoms with Gasteiger partial charge in [0.25, 0.3) is 0 Å². The van der Waals surface area contributed by atoms with Gasteiger partial charge in [0.15, 0.2) is 11.6 Å². The third-order valence-electron chi connectivity index (χ3n) is 5.96. The molecule has 4 aromatic rings. The summed E-state index contributed by atoms with van der Waals surface area (Å²) in [5.41, 5.74) is 8.21. The highest BCUT2D eigenvalue weighted by Crippen LogP contribution is 2.25. The topological polar surface area (TPSA) is 108 Å². The first-order valence-corrected chi connectivity index (χ1v) is 12.8. The molecule has 0 radical (unpaired) electrons. The predicted octanol–water partition coefficient (Wildman–Crippen LogP) is 5.30. The van der Waals surface area contributed by atoms with Crippen LogP contribution < -0.4 is 15.6 Å². The number of nitrogens with zero attached hydrogens (tertiary/aromatic N) is 5. The summed E-state index contributed by atoms with van der Waals surface area (Å²) in [6.45, 7) is 4.22. The number of anilines is 4. The van der Waals surface area contributed by atoms with Crippen molar-refractivity contribution in [3.05, 3.63) is 94.1 Å². The fourth-order valence-corrected chi connectivity index (χ4v) is 4.55. The third kappa shape index (κ3) is 7.18. The Bertz CT molecular complexity index is 1460. The summed E-state index contributed by atoms with van der Waals surface area (Å²) < 4.78 is 19.5. The summed E-state index contributed by atoms with van der Waals surface area (Å²) in [7, 11) is 0. The lowest BCUT2D eigenvalue weighted by Crippen LogP contribution is -2.37. The highest BCUT2D eigenvalue weighted by molar-refractivity contribution is 6.30. The number of aromatic hydroxyl groups is 1. The van der Waals surface area contributed by atoms with E-state index in [0.29, 0.717) is 43.4 Å². The summed E-state index contributed by atoms with van der Waals surface area (Å²) in [5.74, 6) is 0.0808. The average molecular weight is 548 g/mol. The molecule has 11 heteroatoms. The Labute approximate surface area is 230 Å². The maximum Gasteiger partial charge on any atom is 0.245 e. The van der Waals surface area contributed by atoms with Crippen LogP contribution in [-0.4, -0.2) is 52.6 Å². The molecule has 0 aliphatic carbocycles. The normalized spacial score (nSPS) is 13.6. The fourth-order valence-electron chi connectivity index (χ4n) is 4.30. The predicted molar refractivity (Wildman–Crippen MR) is 151 cm³/mol. The van der Waals surface area contributed by atoms with E-state index in [9.17, 15) is 9.50 Å². The van der Waals surface area contributed by atoms with E-state index in [0.717, 1.165) is 34.3 Å². The van der Waals surface area contributed by atoms with Gasteiger partial charge in [-0.2, -0.15) is 10.1 Å². The molecule has 5 rings (SSSR count). The number of hydrogen-bond donors (Lipinski definition) is 3. The molecule has 3 N–H and O–H groups in total. The number of hydrogen-bond acceptors (Lipinski definition) is 9. The molecule has 0 unspecified atom stereocenters. The number of phenols is 1. The van der Waals surface area contributed by atoms with Gasteiger partial charge in [0.05, 0.1) is 43.2 Å². The Balaban J connectivity index is 1.21. The van der Waals surface area contributed by atoms with Gasteiger partial charge in [-0.1, -0.05) is 17.7 Å². The van der Waals surface area contributed by atoms with Crippen LogP contribution in [0.15, 0.2) is 66.0 Å². The standard InChI is InChI=1S/C28H27ClFN7O2/c1-18-8-19(10-20-11-21(29)14-25(38)13-20)12-24(9-18)34-23-3-2-22(31-15-23)16-33-36-28-32-17-26(30)27(35-28)37-4-6-39-7-5-37/h2-3,8-9,11-17,34,38H,4-7,10H2,1H3,(H,32,35,36)/b33-16-. The van der Waals surface area contributed by atoms with Gasteiger partial charge in [0, 0.05) is 23.8 Å². The second-order valence-electron chi connectivity index (χ2n) is 9.13. The number of aryl methyl sites for hydroxylation is 1. The maximum atomic E-state index is 14.2. The summed E-state index contributed by atoms with van der Waals surface area (Å²) >= 11 is 6.09. The molecule has 200 valence electrons. The van der Waals surface area contributed by atoms with Crippen LogP contribution in [0.25, 0.3) is 0 Å². The molecule has 3 heterocycles. The van der Waals surface area contributed by atoms with E-state index in [1.165, 1.54) is 12.3 Å². The molecular weight excluding hydrogens is 521 g/mol. The van der Waals surface area contributed by atoms with E-state index < -0.39 is 5.82 Å². The second kappa shape index (κ2) is 12.1. The molecule has 2 aromatic carbocycles. The minimum absolute atomic E-state index is 0.149. The van der Waals surface area contributed by atoms with E-state index in [4.69, 9.17) is 16.3 Å². The van der Waals surface area contributed by atoms with Crippen LogP contribution in [-0.2, 0) is 11.2 Å². The molecular formula is C28H27ClFN7O2. The largest absolute Gasteiger partial charge is 0.508 e. The van der Waals surface area contributed by atoms with Gasteiger partial charge in [-0.05, 0) is 72.5 Å². The van der Waals surface area contributed by atoms with Gasteiger partial charge in [-0.15, -0.1) is 0 Å². The Morgan fingerprint density at radius 3 is 2.64 bits per heavy atom. The fraction of sp³-hybridized carbons (Fsp3) is 0.214. The number of halogens is 2. The Morgan fingerprint density at radius 1 is 1.05 bits per heavy atom. The Hall–Kier alpha value is -4.28. The molecule has 2 aromatic heterocycles. The SMILES string of the molecule is Cc1cc(Cc2cc(O)cc(Cl)c2)cc(Nc2ccc(/C=N\Nc3ncc(F)c(N4CCOCC4)n3)nc2)c1. The van der Waals surface area contributed by atoms with Crippen LogP contribution in [0.3, 0.4) is 0 Å². The van der Waals surface area contributed by atoms with Gasteiger partial charge < -0.3 is 20.1 Å². The molecule has 0 atom stereocenters. The van der Waals surface area contributed by atoms with E-state index in [-0.39, 0.29) is 17.5 Å². The van der Waals surface area contributed by atoms with Crippen molar-refractivity contribution in [3.63, 3.8) is 0 Å². The number of nitrogens with one attached hydrogen (secondary N) is 2. The summed E-state index contributed by atoms with van der Waals surface area (Å²) in [6, 6.07) is 15.0. The van der Waals surface area contributed by atoms with Crippen molar-refractivity contribution < 1.29 is 14.2 Å². The van der Waals surface area contributed by atoms with Crippen molar-refractivity contribution in [2.45, 2.75) is 13.3 Å². The zero-order valence-electron chi connectivity index (χ0n) is 21.2. The van der Waals surface area contributed by atoms with E-state index in [1.807, 2.05) is 36.1 Å². The van der Waals surface area contributed by atoms with Crippen molar-refractivity contribution in [1.82, 2.24) is 15.0 Å². The minimum atomic E-state index is -0.485. The van der Waals surface area contributed by atoms with Crippen molar-refractivity contribution in [3.8, 4) is 5.75 Å². The summed E-state index contributed by atoms with van der Waals surface area (Å²) in [4.78, 5) is 14.5. The molecule has 1 aliphatic heterocycles. The molecule has 39 heavy (non-hydrogen) atoms. The molecule has 1 fully saturated rings. The number of rotatable bonds is 8. The molecule has 0 amide bonds. The first-order chi connectivity index (χ1) is 18.9.